The van der Waals surface area contributed by atoms with E-state index in [4.69, 9.17) is 9.47 Å². The molecular formula is C17H27NO3. The molecule has 0 aliphatic heterocycles. The van der Waals surface area contributed by atoms with Crippen LogP contribution in [0.5, 0.6) is 11.5 Å². The number of amides is 1. The van der Waals surface area contributed by atoms with Crippen molar-refractivity contribution in [1.82, 2.24) is 5.32 Å². The molecule has 0 aliphatic carbocycles. The molecule has 21 heavy (non-hydrogen) atoms. The molecule has 0 fully saturated rings. The lowest BCUT2D eigenvalue weighted by Crippen LogP contribution is -2.25. The van der Waals surface area contributed by atoms with Gasteiger partial charge in [-0.15, -0.1) is 0 Å². The number of hydrogen-bond donors (Lipinski definition) is 1. The van der Waals surface area contributed by atoms with Crippen LogP contribution in [-0.2, 0) is 4.79 Å². The van der Waals surface area contributed by atoms with E-state index >= 15 is 0 Å². The minimum atomic E-state index is 0.0948. The van der Waals surface area contributed by atoms with Crippen LogP contribution in [0.25, 0.3) is 0 Å². The van der Waals surface area contributed by atoms with Gasteiger partial charge in [0.1, 0.15) is 0 Å². The summed E-state index contributed by atoms with van der Waals surface area (Å²) in [6.07, 6.45) is 2.22. The number of nitrogens with one attached hydrogen (secondary N) is 1. The Hall–Kier alpha value is -1.71. The number of hydrogen-bond acceptors (Lipinski definition) is 3. The Morgan fingerprint density at radius 1 is 1.19 bits per heavy atom. The van der Waals surface area contributed by atoms with Crippen molar-refractivity contribution in [3.8, 4) is 11.5 Å². The van der Waals surface area contributed by atoms with Crippen molar-refractivity contribution >= 4 is 5.91 Å². The summed E-state index contributed by atoms with van der Waals surface area (Å²) >= 11 is 0. The van der Waals surface area contributed by atoms with Crippen LogP contribution in [0, 0.1) is 5.92 Å². The van der Waals surface area contributed by atoms with Gasteiger partial charge in [0.15, 0.2) is 11.5 Å². The third-order valence-electron chi connectivity index (χ3n) is 3.00. The Morgan fingerprint density at radius 2 is 1.86 bits per heavy atom. The fourth-order valence-electron chi connectivity index (χ4n) is 1.85. The molecule has 0 heterocycles. The van der Waals surface area contributed by atoms with Crippen molar-refractivity contribution < 1.29 is 14.3 Å². The Bertz CT molecular complexity index is 418. The van der Waals surface area contributed by atoms with Gasteiger partial charge in [-0.2, -0.15) is 0 Å². The second kappa shape index (κ2) is 10.1. The third kappa shape index (κ3) is 7.59. The van der Waals surface area contributed by atoms with Gasteiger partial charge in [0.25, 0.3) is 0 Å². The molecule has 118 valence electrons. The Labute approximate surface area is 127 Å². The number of ether oxygens (including phenoxy) is 2. The van der Waals surface area contributed by atoms with E-state index in [9.17, 15) is 4.79 Å². The molecule has 1 amide bonds. The SMILES string of the molecule is CCOc1ccccc1OCCCC(=O)NCCC(C)C. The van der Waals surface area contributed by atoms with Gasteiger partial charge in [-0.1, -0.05) is 26.0 Å². The van der Waals surface area contributed by atoms with Gasteiger partial charge in [-0.25, -0.2) is 0 Å². The number of para-hydroxylation sites is 2. The van der Waals surface area contributed by atoms with E-state index in [0.717, 1.165) is 24.5 Å². The van der Waals surface area contributed by atoms with E-state index < -0.39 is 0 Å². The molecule has 1 N–H and O–H groups in total. The summed E-state index contributed by atoms with van der Waals surface area (Å²) in [6.45, 7) is 8.12. The molecule has 0 saturated heterocycles. The summed E-state index contributed by atoms with van der Waals surface area (Å²) in [6, 6.07) is 7.60. The molecular weight excluding hydrogens is 266 g/mol. The quantitative estimate of drug-likeness (QED) is 0.673. The summed E-state index contributed by atoms with van der Waals surface area (Å²) in [7, 11) is 0. The highest BCUT2D eigenvalue weighted by atomic mass is 16.5. The predicted octanol–water partition coefficient (Wildman–Crippen LogP) is 3.41. The highest BCUT2D eigenvalue weighted by molar-refractivity contribution is 5.75. The zero-order chi connectivity index (χ0) is 15.5. The molecule has 0 spiro atoms. The first-order chi connectivity index (χ1) is 10.1. The smallest absolute Gasteiger partial charge is 0.220 e. The Balaban J connectivity index is 2.20. The minimum Gasteiger partial charge on any atom is -0.490 e. The summed E-state index contributed by atoms with van der Waals surface area (Å²) in [5.41, 5.74) is 0. The number of rotatable bonds is 10. The highest BCUT2D eigenvalue weighted by Crippen LogP contribution is 2.26. The summed E-state index contributed by atoms with van der Waals surface area (Å²) in [5.74, 6) is 2.20. The molecule has 1 rings (SSSR count). The molecule has 0 unspecified atom stereocenters. The van der Waals surface area contributed by atoms with Crippen molar-refractivity contribution in [2.24, 2.45) is 5.92 Å². The largest absolute Gasteiger partial charge is 0.490 e. The maximum atomic E-state index is 11.6. The number of carbonyl (C=O) groups excluding carboxylic acids is 1. The molecule has 0 aliphatic rings. The van der Waals surface area contributed by atoms with Crippen LogP contribution in [0.1, 0.15) is 40.0 Å². The van der Waals surface area contributed by atoms with Crippen LogP contribution in [0.2, 0.25) is 0 Å². The van der Waals surface area contributed by atoms with Gasteiger partial charge in [0.05, 0.1) is 13.2 Å². The fourth-order valence-corrected chi connectivity index (χ4v) is 1.85. The fraction of sp³-hybridized carbons (Fsp3) is 0.588. The molecule has 0 atom stereocenters. The molecule has 4 heteroatoms. The first-order valence-corrected chi connectivity index (χ1v) is 7.74. The van der Waals surface area contributed by atoms with Gasteiger partial charge in [0, 0.05) is 13.0 Å². The van der Waals surface area contributed by atoms with Crippen LogP contribution in [0.3, 0.4) is 0 Å². The van der Waals surface area contributed by atoms with Gasteiger partial charge in [-0.05, 0) is 37.8 Å². The molecule has 0 bridgehead atoms. The maximum absolute atomic E-state index is 11.6. The number of carbonyl (C=O) groups is 1. The van der Waals surface area contributed by atoms with E-state index in [0.29, 0.717) is 32.0 Å². The van der Waals surface area contributed by atoms with Crippen molar-refractivity contribution in [2.45, 2.75) is 40.0 Å². The monoisotopic (exact) mass is 293 g/mol. The first kappa shape index (κ1) is 17.3. The Kier molecular flexibility index (Phi) is 8.32. The van der Waals surface area contributed by atoms with Crippen LogP contribution in [-0.4, -0.2) is 25.7 Å². The molecule has 4 nitrogen and oxygen atoms in total. The zero-order valence-corrected chi connectivity index (χ0v) is 13.4. The zero-order valence-electron chi connectivity index (χ0n) is 13.4. The summed E-state index contributed by atoms with van der Waals surface area (Å²) in [4.78, 5) is 11.6. The number of benzene rings is 1. The minimum absolute atomic E-state index is 0.0948. The molecule has 1 aromatic rings. The van der Waals surface area contributed by atoms with E-state index in [-0.39, 0.29) is 5.91 Å². The van der Waals surface area contributed by atoms with E-state index in [2.05, 4.69) is 19.2 Å². The highest BCUT2D eigenvalue weighted by Gasteiger charge is 2.05. The van der Waals surface area contributed by atoms with Crippen LogP contribution < -0.4 is 14.8 Å². The van der Waals surface area contributed by atoms with Crippen LogP contribution in [0.4, 0.5) is 0 Å². The van der Waals surface area contributed by atoms with Crippen LogP contribution >= 0.6 is 0 Å². The maximum Gasteiger partial charge on any atom is 0.220 e. The second-order valence-corrected chi connectivity index (χ2v) is 5.36. The van der Waals surface area contributed by atoms with E-state index in [1.807, 2.05) is 31.2 Å². The average molecular weight is 293 g/mol. The second-order valence-electron chi connectivity index (χ2n) is 5.36. The van der Waals surface area contributed by atoms with Gasteiger partial charge in [0.2, 0.25) is 5.91 Å². The van der Waals surface area contributed by atoms with Gasteiger partial charge < -0.3 is 14.8 Å². The van der Waals surface area contributed by atoms with E-state index in [1.165, 1.54) is 0 Å². The van der Waals surface area contributed by atoms with Crippen molar-refractivity contribution in [3.63, 3.8) is 0 Å². The average Bonchev–Trinajstić information content (AvgIpc) is 2.45. The van der Waals surface area contributed by atoms with Crippen molar-refractivity contribution in [1.29, 1.82) is 0 Å². The van der Waals surface area contributed by atoms with Crippen molar-refractivity contribution in [2.75, 3.05) is 19.8 Å². The Morgan fingerprint density at radius 3 is 2.48 bits per heavy atom. The summed E-state index contributed by atoms with van der Waals surface area (Å²) in [5, 5.41) is 2.93. The van der Waals surface area contributed by atoms with E-state index in [1.54, 1.807) is 0 Å². The third-order valence-corrected chi connectivity index (χ3v) is 3.00. The van der Waals surface area contributed by atoms with Gasteiger partial charge in [-0.3, -0.25) is 4.79 Å². The van der Waals surface area contributed by atoms with Crippen molar-refractivity contribution in [3.05, 3.63) is 24.3 Å². The molecule has 1 aromatic carbocycles. The predicted molar refractivity (Wildman–Crippen MR) is 84.8 cm³/mol. The molecule has 0 aromatic heterocycles. The molecule has 0 radical (unpaired) electrons. The normalized spacial score (nSPS) is 10.5. The van der Waals surface area contributed by atoms with Crippen LogP contribution in [0.15, 0.2) is 24.3 Å². The lowest BCUT2D eigenvalue weighted by molar-refractivity contribution is -0.121. The first-order valence-electron chi connectivity index (χ1n) is 7.74. The lowest BCUT2D eigenvalue weighted by Gasteiger charge is -2.11. The molecule has 0 saturated carbocycles. The standard InChI is InChI=1S/C17H27NO3/c1-4-20-15-8-5-6-9-16(15)21-13-7-10-17(19)18-12-11-14(2)3/h5-6,8-9,14H,4,7,10-13H2,1-3H3,(H,18,19). The summed E-state index contributed by atoms with van der Waals surface area (Å²) < 4.78 is 11.2. The lowest BCUT2D eigenvalue weighted by atomic mass is 10.1. The van der Waals surface area contributed by atoms with Gasteiger partial charge >= 0.3 is 0 Å². The topological polar surface area (TPSA) is 47.6 Å².